The van der Waals surface area contributed by atoms with Crippen molar-refractivity contribution < 1.29 is 18.8 Å². The largest absolute Gasteiger partial charge is 0.386 e. The van der Waals surface area contributed by atoms with Crippen molar-refractivity contribution in [3.8, 4) is 0 Å². The van der Waals surface area contributed by atoms with E-state index in [1.165, 1.54) is 12.1 Å². The van der Waals surface area contributed by atoms with Gasteiger partial charge >= 0.3 is 0 Å². The number of nitrogens with one attached hydrogen (secondary N) is 1. The first-order valence-electron chi connectivity index (χ1n) is 10.3. The van der Waals surface area contributed by atoms with Gasteiger partial charge in [0.05, 0.1) is 15.5 Å². The van der Waals surface area contributed by atoms with Gasteiger partial charge in [-0.2, -0.15) is 4.36 Å². The van der Waals surface area contributed by atoms with E-state index in [9.17, 15) is 18.8 Å². The number of aliphatic hydroxyl groups is 2. The molecule has 2 unspecified atom stereocenters. The average Bonchev–Trinajstić information content (AvgIpc) is 3.33. The van der Waals surface area contributed by atoms with Gasteiger partial charge in [-0.05, 0) is 92.3 Å². The van der Waals surface area contributed by atoms with Crippen LogP contribution in [-0.4, -0.2) is 20.8 Å². The predicted octanol–water partition coefficient (Wildman–Crippen LogP) is 3.77. The smallest absolute Gasteiger partial charge is 0.233 e. The maximum atomic E-state index is 14.8. The molecule has 0 radical (unpaired) electrons. The Bertz CT molecular complexity index is 1130. The monoisotopic (exact) mass is 467 g/mol. The van der Waals surface area contributed by atoms with Gasteiger partial charge in [0.1, 0.15) is 15.7 Å². The van der Waals surface area contributed by atoms with Crippen LogP contribution in [0.2, 0.25) is 5.02 Å². The van der Waals surface area contributed by atoms with Crippen LogP contribution in [0.5, 0.6) is 0 Å². The van der Waals surface area contributed by atoms with Crippen LogP contribution >= 0.6 is 11.6 Å². The van der Waals surface area contributed by atoms with Crippen molar-refractivity contribution in [3.63, 3.8) is 0 Å². The molecule has 9 heteroatoms. The molecule has 0 heterocycles. The van der Waals surface area contributed by atoms with Gasteiger partial charge in [-0.3, -0.25) is 0 Å². The van der Waals surface area contributed by atoms with Crippen molar-refractivity contribution in [3.05, 3.63) is 56.9 Å². The van der Waals surface area contributed by atoms with Crippen LogP contribution in [0.1, 0.15) is 54.5 Å². The molecule has 2 atom stereocenters. The Morgan fingerprint density at radius 3 is 2.23 bits per heavy atom. The Balaban J connectivity index is 1.68. The maximum Gasteiger partial charge on any atom is 0.233 e. The van der Waals surface area contributed by atoms with Crippen LogP contribution in [0.25, 0.3) is 0 Å². The van der Waals surface area contributed by atoms with E-state index in [1.807, 2.05) is 0 Å². The van der Waals surface area contributed by atoms with Crippen molar-refractivity contribution >= 4 is 27.2 Å². The molecule has 0 bridgehead atoms. The third-order valence-corrected chi connectivity index (χ3v) is 7.98. The van der Waals surface area contributed by atoms with Crippen molar-refractivity contribution in [1.29, 1.82) is 0 Å². The second-order valence-corrected chi connectivity index (χ2v) is 10.9. The molecule has 6 nitrogen and oxygen atoms in total. The van der Waals surface area contributed by atoms with E-state index in [2.05, 4.69) is 9.68 Å². The van der Waals surface area contributed by atoms with Crippen molar-refractivity contribution in [2.75, 3.05) is 5.32 Å². The molecule has 5 N–H and O–H groups in total. The average molecular weight is 468 g/mol. The maximum absolute atomic E-state index is 14.8. The third-order valence-electron chi connectivity index (χ3n) is 6.05. The normalized spacial score (nSPS) is 18.3. The van der Waals surface area contributed by atoms with Gasteiger partial charge in [-0.25, -0.2) is 13.7 Å². The van der Waals surface area contributed by atoms with E-state index < -0.39 is 21.9 Å². The summed E-state index contributed by atoms with van der Waals surface area (Å²) >= 11 is 6.26. The first-order valence-corrected chi connectivity index (χ1v) is 12.3. The van der Waals surface area contributed by atoms with E-state index in [0.29, 0.717) is 35.2 Å². The first-order chi connectivity index (χ1) is 14.5. The molecule has 4 rings (SSSR count). The highest BCUT2D eigenvalue weighted by Gasteiger charge is 2.30. The van der Waals surface area contributed by atoms with Crippen LogP contribution < -0.4 is 10.5 Å². The summed E-state index contributed by atoms with van der Waals surface area (Å²) in [5, 5.41) is 29.7. The lowest BCUT2D eigenvalue weighted by molar-refractivity contribution is 0.0785. The van der Waals surface area contributed by atoms with Crippen molar-refractivity contribution in [1.82, 2.24) is 0 Å². The Labute approximate surface area is 186 Å². The van der Waals surface area contributed by atoms with Gasteiger partial charge in [0, 0.05) is 5.69 Å². The standard InChI is InChI=1S/C22H27ClFN3O3S/c1-22(2,29)12-9-10-18(17(23)11-12)31(25,30)27-21(28)26-20-15-7-3-5-13(15)19(24)14-6-4-8-16(14)20/h9-11,21,26,28-29H,3-8H2,1-2H3,(H2,25,27,30). The molecule has 0 saturated carbocycles. The fourth-order valence-corrected chi connectivity index (χ4v) is 6.12. The number of aliphatic hydroxyl groups excluding tert-OH is 1. The summed E-state index contributed by atoms with van der Waals surface area (Å²) in [5.41, 5.74) is 3.23. The number of halogens is 2. The highest BCUT2D eigenvalue weighted by Crippen LogP contribution is 2.41. The van der Waals surface area contributed by atoms with Crippen LogP contribution in [0, 0.1) is 5.82 Å². The second kappa shape index (κ2) is 8.01. The number of hydrogen-bond acceptors (Lipinski definition) is 5. The molecule has 0 saturated heterocycles. The summed E-state index contributed by atoms with van der Waals surface area (Å²) in [6.45, 7) is 3.21. The van der Waals surface area contributed by atoms with Gasteiger partial charge < -0.3 is 15.5 Å². The number of nitrogens with zero attached hydrogens (tertiary/aromatic N) is 1. The van der Waals surface area contributed by atoms with Crippen LogP contribution in [0.4, 0.5) is 10.1 Å². The molecule has 0 spiro atoms. The topological polar surface area (TPSA) is 108 Å². The highest BCUT2D eigenvalue weighted by atomic mass is 35.5. The molecule has 168 valence electrons. The predicted molar refractivity (Wildman–Crippen MR) is 120 cm³/mol. The number of anilines is 1. The summed E-state index contributed by atoms with van der Waals surface area (Å²) in [7, 11) is -3.53. The lowest BCUT2D eigenvalue weighted by atomic mass is 9.98. The molecule has 0 aliphatic heterocycles. The number of hydrogen-bond donors (Lipinski definition) is 4. The van der Waals surface area contributed by atoms with E-state index in [0.717, 1.165) is 36.8 Å². The van der Waals surface area contributed by atoms with Crippen LogP contribution in [0.15, 0.2) is 27.5 Å². The Hall–Kier alpha value is -1.71. The fourth-order valence-electron chi connectivity index (χ4n) is 4.54. The Morgan fingerprint density at radius 1 is 1.16 bits per heavy atom. The molecular weight excluding hydrogens is 441 g/mol. The number of rotatable bonds is 5. The zero-order valence-corrected chi connectivity index (χ0v) is 19.1. The van der Waals surface area contributed by atoms with Crippen molar-refractivity contribution in [2.45, 2.75) is 69.2 Å². The van der Waals surface area contributed by atoms with Gasteiger partial charge in [0.2, 0.25) is 6.35 Å². The molecule has 2 aliphatic carbocycles. The van der Waals surface area contributed by atoms with Crippen LogP contribution in [0.3, 0.4) is 0 Å². The first kappa shape index (κ1) is 22.5. The minimum atomic E-state index is -3.53. The molecule has 2 aromatic carbocycles. The Morgan fingerprint density at radius 2 is 1.71 bits per heavy atom. The van der Waals surface area contributed by atoms with E-state index in [1.54, 1.807) is 19.9 Å². The molecule has 2 aliphatic rings. The minimum absolute atomic E-state index is 0.0672. The molecule has 0 amide bonds. The fraction of sp³-hybridized carbons (Fsp3) is 0.455. The summed E-state index contributed by atoms with van der Waals surface area (Å²) < 4.78 is 31.8. The summed E-state index contributed by atoms with van der Waals surface area (Å²) in [4.78, 5) is 0.0672. The third kappa shape index (κ3) is 4.19. The molecular formula is C22H27ClFN3O3S. The van der Waals surface area contributed by atoms with E-state index >= 15 is 0 Å². The number of fused-ring (bicyclic) bond motifs is 2. The highest BCUT2D eigenvalue weighted by molar-refractivity contribution is 7.91. The molecule has 2 aromatic rings. The van der Waals surface area contributed by atoms with E-state index in [4.69, 9.17) is 16.7 Å². The van der Waals surface area contributed by atoms with Gasteiger partial charge in [0.25, 0.3) is 0 Å². The zero-order valence-electron chi connectivity index (χ0n) is 17.5. The minimum Gasteiger partial charge on any atom is -0.386 e. The molecule has 31 heavy (non-hydrogen) atoms. The SMILES string of the molecule is CC(C)(O)c1ccc(S(N)(=O)=NC(O)Nc2c3c(c(F)c4c2CCC4)CCC3)c(Cl)c1. The van der Waals surface area contributed by atoms with Crippen molar-refractivity contribution in [2.24, 2.45) is 9.50 Å². The van der Waals surface area contributed by atoms with E-state index in [-0.39, 0.29) is 15.7 Å². The van der Waals surface area contributed by atoms with Gasteiger partial charge in [-0.15, -0.1) is 0 Å². The number of benzene rings is 2. The van der Waals surface area contributed by atoms with Gasteiger partial charge in [0.15, 0.2) is 0 Å². The Kier molecular flexibility index (Phi) is 5.81. The lowest BCUT2D eigenvalue weighted by Crippen LogP contribution is -2.24. The molecule has 0 fully saturated rings. The lowest BCUT2D eigenvalue weighted by Gasteiger charge is -2.21. The second-order valence-electron chi connectivity index (χ2n) is 8.71. The van der Waals surface area contributed by atoms with Crippen LogP contribution in [-0.2, 0) is 41.2 Å². The number of nitrogens with two attached hydrogens (primary N) is 1. The molecule has 0 aromatic heterocycles. The summed E-state index contributed by atoms with van der Waals surface area (Å²) in [6, 6.07) is 4.50. The summed E-state index contributed by atoms with van der Waals surface area (Å²) in [5.74, 6) is -0.113. The van der Waals surface area contributed by atoms with Gasteiger partial charge in [-0.1, -0.05) is 17.7 Å². The zero-order chi connectivity index (χ0) is 22.6. The quantitative estimate of drug-likeness (QED) is 0.502. The summed E-state index contributed by atoms with van der Waals surface area (Å²) in [6.07, 6.45) is 2.94.